The molecule has 11 aromatic rings. The van der Waals surface area contributed by atoms with Crippen molar-refractivity contribution in [3.63, 3.8) is 0 Å². The van der Waals surface area contributed by atoms with Crippen LogP contribution in [0.15, 0.2) is 170 Å². The zero-order valence-electron chi connectivity index (χ0n) is 28.0. The molecule has 0 fully saturated rings. The normalized spacial score (nSPS) is 12.2. The Morgan fingerprint density at radius 2 is 1.06 bits per heavy atom. The van der Waals surface area contributed by atoms with Crippen molar-refractivity contribution in [1.29, 1.82) is 0 Å². The number of aromatic nitrogens is 4. The van der Waals surface area contributed by atoms with Crippen LogP contribution in [0.25, 0.3) is 110 Å². The summed E-state index contributed by atoms with van der Waals surface area (Å²) in [6.45, 7) is 0. The van der Waals surface area contributed by atoms with E-state index in [-0.39, 0.29) is 0 Å². The van der Waals surface area contributed by atoms with Gasteiger partial charge in [0.2, 0.25) is 0 Å². The van der Waals surface area contributed by atoms with Crippen molar-refractivity contribution in [2.75, 3.05) is 0 Å². The van der Waals surface area contributed by atoms with E-state index < -0.39 is 0 Å². The van der Waals surface area contributed by atoms with E-state index in [0.717, 1.165) is 44.8 Å². The maximum atomic E-state index is 5.45. The molecule has 1 aliphatic rings. The first-order valence-corrected chi connectivity index (χ1v) is 17.8. The zero-order chi connectivity index (χ0) is 33.9. The third-order valence-corrected chi connectivity index (χ3v) is 11.0. The molecule has 0 atom stereocenters. The summed E-state index contributed by atoms with van der Waals surface area (Å²) in [6.07, 6.45) is 0. The third-order valence-electron chi connectivity index (χ3n) is 11.0. The molecule has 3 aromatic heterocycles. The van der Waals surface area contributed by atoms with E-state index in [1.54, 1.807) is 0 Å². The van der Waals surface area contributed by atoms with Crippen LogP contribution < -0.4 is 0 Å². The third kappa shape index (κ3) is 3.60. The first-order valence-electron chi connectivity index (χ1n) is 17.8. The molecule has 240 valence electrons. The molecule has 0 aliphatic heterocycles. The Morgan fingerprint density at radius 1 is 0.385 bits per heavy atom. The molecule has 0 saturated heterocycles. The molecule has 1 aliphatic carbocycles. The van der Waals surface area contributed by atoms with E-state index in [2.05, 4.69) is 167 Å². The van der Waals surface area contributed by atoms with Gasteiger partial charge in [-0.15, -0.1) is 0 Å². The summed E-state index contributed by atoms with van der Waals surface area (Å²) in [5, 5.41) is 7.55. The van der Waals surface area contributed by atoms with Gasteiger partial charge in [-0.2, -0.15) is 0 Å². The first kappa shape index (κ1) is 27.7. The van der Waals surface area contributed by atoms with Gasteiger partial charge < -0.3 is 4.57 Å². The summed E-state index contributed by atoms with van der Waals surface area (Å²) in [5.74, 6) is 0.817. The lowest BCUT2D eigenvalue weighted by Crippen LogP contribution is -2.04. The Balaban J connectivity index is 1.37. The second-order valence-corrected chi connectivity index (χ2v) is 13.7. The molecule has 0 N–H and O–H groups in total. The van der Waals surface area contributed by atoms with Crippen molar-refractivity contribution >= 4 is 65.4 Å². The molecule has 0 amide bonds. The lowest BCUT2D eigenvalue weighted by Gasteiger charge is -2.16. The standard InChI is InChI=1S/C48H28N4/c1-3-14-30(15-4-1)47-48(50-37-24-11-10-23-36(37)49-47)52-38-25-12-9-21-35(38)43-40(52)28-41-46-44(43)34-20-8-7-19-32(34)33-22-13-16-29-26-27-39(45(46)42(29)33)51(41)31-17-5-2-6-18-31/h1-28H. The van der Waals surface area contributed by atoms with Gasteiger partial charge in [0.1, 0.15) is 5.69 Å². The summed E-state index contributed by atoms with van der Waals surface area (Å²) in [7, 11) is 0. The lowest BCUT2D eigenvalue weighted by molar-refractivity contribution is 1.08. The highest BCUT2D eigenvalue weighted by atomic mass is 15.1. The summed E-state index contributed by atoms with van der Waals surface area (Å²) >= 11 is 0. The second kappa shape index (κ2) is 10.3. The van der Waals surface area contributed by atoms with Crippen molar-refractivity contribution in [2.45, 2.75) is 0 Å². The van der Waals surface area contributed by atoms with Crippen LogP contribution in [0.3, 0.4) is 0 Å². The minimum absolute atomic E-state index is 0.817. The van der Waals surface area contributed by atoms with Gasteiger partial charge in [-0.3, -0.25) is 4.57 Å². The Labute approximate surface area is 298 Å². The number of hydrogen-bond acceptors (Lipinski definition) is 2. The minimum Gasteiger partial charge on any atom is -0.309 e. The van der Waals surface area contributed by atoms with Gasteiger partial charge in [-0.25, -0.2) is 9.97 Å². The maximum absolute atomic E-state index is 5.45. The summed E-state index contributed by atoms with van der Waals surface area (Å²) in [4.78, 5) is 10.8. The van der Waals surface area contributed by atoms with Crippen molar-refractivity contribution in [1.82, 2.24) is 19.1 Å². The number of fused-ring (bicyclic) bond motifs is 8. The average Bonchev–Trinajstić information content (AvgIpc) is 3.68. The Kier molecular flexibility index (Phi) is 5.47. The molecule has 0 spiro atoms. The topological polar surface area (TPSA) is 35.6 Å². The highest BCUT2D eigenvalue weighted by Gasteiger charge is 2.30. The summed E-state index contributed by atoms with van der Waals surface area (Å²) < 4.78 is 4.83. The van der Waals surface area contributed by atoms with Gasteiger partial charge in [-0.1, -0.05) is 127 Å². The summed E-state index contributed by atoms with van der Waals surface area (Å²) in [5.41, 5.74) is 14.4. The van der Waals surface area contributed by atoms with Crippen LogP contribution >= 0.6 is 0 Å². The number of nitrogens with zero attached hydrogens (tertiary/aromatic N) is 4. The fourth-order valence-corrected chi connectivity index (χ4v) is 8.93. The molecule has 0 bridgehead atoms. The highest BCUT2D eigenvalue weighted by molar-refractivity contribution is 6.36. The van der Waals surface area contributed by atoms with E-state index in [1.807, 2.05) is 12.1 Å². The van der Waals surface area contributed by atoms with Crippen LogP contribution in [-0.2, 0) is 0 Å². The summed E-state index contributed by atoms with van der Waals surface area (Å²) in [6, 6.07) is 61.0. The molecule has 0 unspecified atom stereocenters. The molecule has 4 nitrogen and oxygen atoms in total. The minimum atomic E-state index is 0.817. The second-order valence-electron chi connectivity index (χ2n) is 13.7. The Morgan fingerprint density at radius 3 is 1.90 bits per heavy atom. The molecular weight excluding hydrogens is 633 g/mol. The van der Waals surface area contributed by atoms with Gasteiger partial charge in [0.15, 0.2) is 5.82 Å². The molecule has 0 saturated carbocycles. The molecule has 8 aromatic carbocycles. The van der Waals surface area contributed by atoms with Crippen molar-refractivity contribution < 1.29 is 0 Å². The van der Waals surface area contributed by atoms with Crippen molar-refractivity contribution in [3.8, 4) is 45.0 Å². The lowest BCUT2D eigenvalue weighted by atomic mass is 9.91. The van der Waals surface area contributed by atoms with Crippen molar-refractivity contribution in [3.05, 3.63) is 170 Å². The Hall–Kier alpha value is -7.04. The van der Waals surface area contributed by atoms with Gasteiger partial charge in [-0.05, 0) is 69.9 Å². The van der Waals surface area contributed by atoms with Crippen LogP contribution in [-0.4, -0.2) is 19.1 Å². The predicted octanol–water partition coefficient (Wildman–Crippen LogP) is 12.3. The number of hydrogen-bond donors (Lipinski definition) is 0. The van der Waals surface area contributed by atoms with Crippen LogP contribution in [0.5, 0.6) is 0 Å². The maximum Gasteiger partial charge on any atom is 0.165 e. The smallest absolute Gasteiger partial charge is 0.165 e. The monoisotopic (exact) mass is 660 g/mol. The van der Waals surface area contributed by atoms with Gasteiger partial charge in [0.25, 0.3) is 0 Å². The van der Waals surface area contributed by atoms with E-state index in [0.29, 0.717) is 0 Å². The number of benzene rings is 8. The van der Waals surface area contributed by atoms with Crippen LogP contribution in [0.2, 0.25) is 0 Å². The molecular formula is C48H28N4. The molecule has 52 heavy (non-hydrogen) atoms. The van der Waals surface area contributed by atoms with Gasteiger partial charge in [0.05, 0.1) is 33.1 Å². The molecule has 0 radical (unpaired) electrons. The van der Waals surface area contributed by atoms with Crippen LogP contribution in [0.1, 0.15) is 0 Å². The molecule has 12 rings (SSSR count). The first-order chi connectivity index (χ1) is 25.8. The van der Waals surface area contributed by atoms with Crippen LogP contribution in [0.4, 0.5) is 0 Å². The van der Waals surface area contributed by atoms with E-state index in [4.69, 9.17) is 9.97 Å². The van der Waals surface area contributed by atoms with E-state index >= 15 is 0 Å². The molecule has 4 heteroatoms. The van der Waals surface area contributed by atoms with E-state index in [9.17, 15) is 0 Å². The van der Waals surface area contributed by atoms with Gasteiger partial charge in [0, 0.05) is 38.4 Å². The molecule has 3 heterocycles. The van der Waals surface area contributed by atoms with Crippen LogP contribution in [0, 0.1) is 0 Å². The highest BCUT2D eigenvalue weighted by Crippen LogP contribution is 2.53. The largest absolute Gasteiger partial charge is 0.309 e. The fourth-order valence-electron chi connectivity index (χ4n) is 8.93. The zero-order valence-corrected chi connectivity index (χ0v) is 28.0. The van der Waals surface area contributed by atoms with Gasteiger partial charge >= 0.3 is 0 Å². The number of para-hydroxylation sites is 4. The average molecular weight is 661 g/mol. The number of rotatable bonds is 3. The van der Waals surface area contributed by atoms with E-state index in [1.165, 1.54) is 65.6 Å². The Bertz CT molecular complexity index is 3280. The SMILES string of the molecule is c1ccc(-c2nc3ccccc3nc2-n2c3ccccc3c3c4c5c6c7c(cccc7ccc6n(-c6ccccc6)c5cc32)-c2ccccc2-4)cc1. The van der Waals surface area contributed by atoms with Crippen molar-refractivity contribution in [2.24, 2.45) is 0 Å². The quantitative estimate of drug-likeness (QED) is 0.189. The predicted molar refractivity (Wildman–Crippen MR) is 216 cm³/mol. The fraction of sp³-hybridized carbons (Fsp3) is 0.